The summed E-state index contributed by atoms with van der Waals surface area (Å²) >= 11 is 0. The third kappa shape index (κ3) is 5.92. The fourth-order valence-corrected chi connectivity index (χ4v) is 2.30. The van der Waals surface area contributed by atoms with Gasteiger partial charge in [-0.3, -0.25) is 9.59 Å². The first-order chi connectivity index (χ1) is 11.1. The second-order valence-electron chi connectivity index (χ2n) is 6.45. The van der Waals surface area contributed by atoms with Crippen molar-refractivity contribution in [1.82, 2.24) is 4.90 Å². The van der Waals surface area contributed by atoms with E-state index in [1.807, 2.05) is 26.8 Å². The smallest absolute Gasteiger partial charge is 0.303 e. The molecule has 1 rings (SSSR count). The molecule has 6 heteroatoms. The molecule has 0 heterocycles. The summed E-state index contributed by atoms with van der Waals surface area (Å²) in [7, 11) is 0. The average Bonchev–Trinajstić information content (AvgIpc) is 2.48. The SMILES string of the molecule is CC(=O)OC(COc1ccccc1C#N)CN(C(C)=O)C(C)(C)C. The topological polar surface area (TPSA) is 79.6 Å². The number of hydrogen-bond donors (Lipinski definition) is 0. The Hall–Kier alpha value is -2.55. The quantitative estimate of drug-likeness (QED) is 0.748. The highest BCUT2D eigenvalue weighted by atomic mass is 16.6. The summed E-state index contributed by atoms with van der Waals surface area (Å²) < 4.78 is 10.9. The van der Waals surface area contributed by atoms with Gasteiger partial charge in [-0.15, -0.1) is 0 Å². The van der Waals surface area contributed by atoms with Crippen molar-refractivity contribution in [2.45, 2.75) is 46.3 Å². The molecular formula is C18H24N2O4. The van der Waals surface area contributed by atoms with Gasteiger partial charge in [0.25, 0.3) is 0 Å². The first-order valence-corrected chi connectivity index (χ1v) is 7.72. The van der Waals surface area contributed by atoms with Gasteiger partial charge in [0.1, 0.15) is 18.4 Å². The molecule has 0 aliphatic rings. The third-order valence-corrected chi connectivity index (χ3v) is 3.34. The van der Waals surface area contributed by atoms with E-state index in [1.54, 1.807) is 29.2 Å². The van der Waals surface area contributed by atoms with Gasteiger partial charge in [-0.05, 0) is 32.9 Å². The summed E-state index contributed by atoms with van der Waals surface area (Å²) in [4.78, 5) is 24.9. The lowest BCUT2D eigenvalue weighted by molar-refractivity contribution is -0.153. The molecule has 0 bridgehead atoms. The van der Waals surface area contributed by atoms with Gasteiger partial charge in [-0.25, -0.2) is 0 Å². The van der Waals surface area contributed by atoms with E-state index in [0.29, 0.717) is 11.3 Å². The Labute approximate surface area is 143 Å². The van der Waals surface area contributed by atoms with Crippen LogP contribution in [-0.2, 0) is 14.3 Å². The number of carbonyl (C=O) groups is 2. The number of carbonyl (C=O) groups excluding carboxylic acids is 2. The Balaban J connectivity index is 2.87. The number of esters is 1. The number of amides is 1. The molecule has 0 aliphatic carbocycles. The Morgan fingerprint density at radius 1 is 1.25 bits per heavy atom. The highest BCUT2D eigenvalue weighted by Gasteiger charge is 2.28. The summed E-state index contributed by atoms with van der Waals surface area (Å²) in [6, 6.07) is 8.87. The van der Waals surface area contributed by atoms with Crippen molar-refractivity contribution in [2.24, 2.45) is 0 Å². The minimum atomic E-state index is -0.627. The summed E-state index contributed by atoms with van der Waals surface area (Å²) in [6.45, 7) is 8.78. The van der Waals surface area contributed by atoms with Gasteiger partial charge in [0.2, 0.25) is 5.91 Å². The van der Waals surface area contributed by atoms with E-state index in [4.69, 9.17) is 14.7 Å². The second-order valence-corrected chi connectivity index (χ2v) is 6.45. The lowest BCUT2D eigenvalue weighted by Crippen LogP contribution is -2.50. The zero-order valence-corrected chi connectivity index (χ0v) is 14.8. The normalized spacial score (nSPS) is 12.0. The minimum absolute atomic E-state index is 0.0537. The zero-order chi connectivity index (χ0) is 18.3. The molecule has 0 N–H and O–H groups in total. The van der Waals surface area contributed by atoms with E-state index >= 15 is 0 Å². The molecule has 0 aromatic heterocycles. The molecular weight excluding hydrogens is 308 g/mol. The van der Waals surface area contributed by atoms with Crippen LogP contribution < -0.4 is 4.74 Å². The van der Waals surface area contributed by atoms with Crippen LogP contribution in [-0.4, -0.2) is 41.6 Å². The summed E-state index contributed by atoms with van der Waals surface area (Å²) in [5.41, 5.74) is -0.00672. The van der Waals surface area contributed by atoms with Crippen LogP contribution in [0.2, 0.25) is 0 Å². The number of hydrogen-bond acceptors (Lipinski definition) is 5. The van der Waals surface area contributed by atoms with E-state index in [2.05, 4.69) is 0 Å². The minimum Gasteiger partial charge on any atom is -0.488 e. The van der Waals surface area contributed by atoms with Crippen LogP contribution in [0.4, 0.5) is 0 Å². The van der Waals surface area contributed by atoms with Gasteiger partial charge in [0.15, 0.2) is 6.10 Å². The van der Waals surface area contributed by atoms with Gasteiger partial charge >= 0.3 is 5.97 Å². The molecule has 0 saturated heterocycles. The fourth-order valence-electron chi connectivity index (χ4n) is 2.30. The summed E-state index contributed by atoms with van der Waals surface area (Å²) in [6.07, 6.45) is -0.627. The van der Waals surface area contributed by atoms with Crippen LogP contribution in [0, 0.1) is 11.3 Å². The number of nitriles is 1. The Morgan fingerprint density at radius 2 is 1.88 bits per heavy atom. The van der Waals surface area contributed by atoms with Crippen molar-refractivity contribution >= 4 is 11.9 Å². The van der Waals surface area contributed by atoms with Crippen LogP contribution in [0.5, 0.6) is 5.75 Å². The van der Waals surface area contributed by atoms with Crippen molar-refractivity contribution in [3.63, 3.8) is 0 Å². The van der Waals surface area contributed by atoms with Crippen molar-refractivity contribution in [3.8, 4) is 11.8 Å². The van der Waals surface area contributed by atoms with Crippen molar-refractivity contribution in [3.05, 3.63) is 29.8 Å². The third-order valence-electron chi connectivity index (χ3n) is 3.34. The Kier molecular flexibility index (Phi) is 6.78. The molecule has 1 unspecified atom stereocenters. The molecule has 0 aliphatic heterocycles. The van der Waals surface area contributed by atoms with E-state index in [9.17, 15) is 9.59 Å². The van der Waals surface area contributed by atoms with E-state index in [-0.39, 0.29) is 19.1 Å². The highest BCUT2D eigenvalue weighted by Crippen LogP contribution is 2.19. The van der Waals surface area contributed by atoms with Gasteiger partial charge in [-0.1, -0.05) is 12.1 Å². The van der Waals surface area contributed by atoms with E-state index < -0.39 is 17.6 Å². The molecule has 1 aromatic carbocycles. The standard InChI is InChI=1S/C18H24N2O4/c1-13(21)20(18(3,4)5)11-16(24-14(2)22)12-23-17-9-7-6-8-15(17)10-19/h6-9,16H,11-12H2,1-5H3. The lowest BCUT2D eigenvalue weighted by Gasteiger charge is -2.37. The van der Waals surface area contributed by atoms with Gasteiger partial charge in [0, 0.05) is 19.4 Å². The molecule has 6 nitrogen and oxygen atoms in total. The zero-order valence-electron chi connectivity index (χ0n) is 14.8. The van der Waals surface area contributed by atoms with Crippen molar-refractivity contribution < 1.29 is 19.1 Å². The molecule has 1 amide bonds. The van der Waals surface area contributed by atoms with Crippen LogP contribution in [0.25, 0.3) is 0 Å². The molecule has 0 radical (unpaired) electrons. The van der Waals surface area contributed by atoms with Gasteiger partial charge in [-0.2, -0.15) is 5.26 Å². The number of para-hydroxylation sites is 1. The lowest BCUT2D eigenvalue weighted by atomic mass is 10.1. The van der Waals surface area contributed by atoms with Gasteiger partial charge in [0.05, 0.1) is 12.1 Å². The first kappa shape index (κ1) is 19.5. The molecule has 0 saturated carbocycles. The molecule has 24 heavy (non-hydrogen) atoms. The summed E-state index contributed by atoms with van der Waals surface area (Å²) in [5.74, 6) is -0.144. The average molecular weight is 332 g/mol. The van der Waals surface area contributed by atoms with Gasteiger partial charge < -0.3 is 14.4 Å². The largest absolute Gasteiger partial charge is 0.488 e. The maximum atomic E-state index is 11.9. The molecule has 0 fully saturated rings. The number of benzene rings is 1. The van der Waals surface area contributed by atoms with E-state index in [0.717, 1.165) is 0 Å². The van der Waals surface area contributed by atoms with Crippen LogP contribution in [0.3, 0.4) is 0 Å². The Bertz CT molecular complexity index is 629. The second kappa shape index (κ2) is 8.34. The molecule has 130 valence electrons. The fraction of sp³-hybridized carbons (Fsp3) is 0.500. The Morgan fingerprint density at radius 3 is 2.38 bits per heavy atom. The number of rotatable bonds is 6. The van der Waals surface area contributed by atoms with Crippen molar-refractivity contribution in [2.75, 3.05) is 13.2 Å². The molecule has 0 spiro atoms. The first-order valence-electron chi connectivity index (χ1n) is 7.72. The maximum Gasteiger partial charge on any atom is 0.303 e. The number of nitrogens with zero attached hydrogens (tertiary/aromatic N) is 2. The predicted octanol–water partition coefficient (Wildman–Crippen LogP) is 2.52. The van der Waals surface area contributed by atoms with Crippen molar-refractivity contribution in [1.29, 1.82) is 5.26 Å². The molecule has 1 aromatic rings. The number of ether oxygens (including phenoxy) is 2. The van der Waals surface area contributed by atoms with Crippen LogP contribution >= 0.6 is 0 Å². The highest BCUT2D eigenvalue weighted by molar-refractivity contribution is 5.74. The monoisotopic (exact) mass is 332 g/mol. The van der Waals surface area contributed by atoms with Crippen LogP contribution in [0.1, 0.15) is 40.2 Å². The maximum absolute atomic E-state index is 11.9. The molecule has 1 atom stereocenters. The summed E-state index contributed by atoms with van der Waals surface area (Å²) in [5, 5.41) is 9.09. The van der Waals surface area contributed by atoms with E-state index in [1.165, 1.54) is 13.8 Å². The predicted molar refractivity (Wildman–Crippen MR) is 89.3 cm³/mol. The van der Waals surface area contributed by atoms with Crippen LogP contribution in [0.15, 0.2) is 24.3 Å².